The van der Waals surface area contributed by atoms with Crippen LogP contribution in [0.1, 0.15) is 31.2 Å². The van der Waals surface area contributed by atoms with Crippen LogP contribution in [0.25, 0.3) is 0 Å². The quantitative estimate of drug-likeness (QED) is 0.818. The lowest BCUT2D eigenvalue weighted by atomic mass is 9.82. The first-order valence-corrected chi connectivity index (χ1v) is 5.73. The molecule has 0 spiro atoms. The zero-order chi connectivity index (χ0) is 13.3. The number of halogens is 1. The Kier molecular flexibility index (Phi) is 3.28. The van der Waals surface area contributed by atoms with Crippen molar-refractivity contribution in [3.05, 3.63) is 47.0 Å². The highest BCUT2D eigenvalue weighted by atomic mass is 19.1. The summed E-state index contributed by atoms with van der Waals surface area (Å²) in [6.07, 6.45) is 0.661. The van der Waals surface area contributed by atoms with E-state index in [-0.39, 0.29) is 29.4 Å². The first-order chi connectivity index (χ1) is 8.50. The molecule has 0 aromatic heterocycles. The van der Waals surface area contributed by atoms with Gasteiger partial charge in [-0.1, -0.05) is 12.1 Å². The molecule has 0 aliphatic heterocycles. The number of allylic oxidation sites excluding steroid dienone is 2. The number of ketones is 2. The lowest BCUT2D eigenvalue weighted by Gasteiger charge is -2.23. The number of carbonyl (C=O) groups is 2. The summed E-state index contributed by atoms with van der Waals surface area (Å²) in [5, 5.41) is 10.0. The van der Waals surface area contributed by atoms with Crippen molar-refractivity contribution < 1.29 is 19.1 Å². The number of Topliss-reactive ketones (excluding diaryl/α,β-unsaturated/α-hetero) is 2. The van der Waals surface area contributed by atoms with E-state index in [0.29, 0.717) is 12.0 Å². The average Bonchev–Trinajstić information content (AvgIpc) is 2.30. The van der Waals surface area contributed by atoms with E-state index >= 15 is 0 Å². The highest BCUT2D eigenvalue weighted by Gasteiger charge is 2.31. The van der Waals surface area contributed by atoms with Crippen LogP contribution in [0, 0.1) is 5.82 Å². The molecular weight excluding hydrogens is 235 g/mol. The molecule has 2 rings (SSSR count). The Labute approximate surface area is 104 Å². The van der Waals surface area contributed by atoms with E-state index in [0.717, 1.165) is 0 Å². The molecule has 0 saturated heterocycles. The maximum atomic E-state index is 12.8. The monoisotopic (exact) mass is 248 g/mol. The van der Waals surface area contributed by atoms with Gasteiger partial charge in [0.2, 0.25) is 0 Å². The molecule has 1 atom stereocenters. The molecule has 94 valence electrons. The summed E-state index contributed by atoms with van der Waals surface area (Å²) in [6.45, 7) is 1.26. The van der Waals surface area contributed by atoms with Gasteiger partial charge in [0.25, 0.3) is 0 Å². The Morgan fingerprint density at radius 2 is 1.94 bits per heavy atom. The van der Waals surface area contributed by atoms with Gasteiger partial charge in [0, 0.05) is 12.3 Å². The highest BCUT2D eigenvalue weighted by molar-refractivity contribution is 6.20. The number of rotatable bonds is 2. The third-order valence-corrected chi connectivity index (χ3v) is 3.15. The number of aliphatic hydroxyl groups excluding tert-OH is 1. The number of hydrogen-bond donors (Lipinski definition) is 1. The van der Waals surface area contributed by atoms with Crippen LogP contribution >= 0.6 is 0 Å². The zero-order valence-electron chi connectivity index (χ0n) is 9.94. The molecule has 0 amide bonds. The molecule has 0 radical (unpaired) electrons. The fraction of sp³-hybridized carbons (Fsp3) is 0.286. The minimum absolute atomic E-state index is 0.115. The lowest BCUT2D eigenvalue weighted by molar-refractivity contribution is -0.121. The summed E-state index contributed by atoms with van der Waals surface area (Å²) in [5.41, 5.74) is 0.593. The van der Waals surface area contributed by atoms with Gasteiger partial charge in [-0.25, -0.2) is 4.39 Å². The van der Waals surface area contributed by atoms with Gasteiger partial charge < -0.3 is 5.11 Å². The number of aliphatic hydroxyl groups is 1. The SMILES string of the molecule is CC(=O)C1=C(O)C(c2ccc(F)cc2)CCC1=O. The Morgan fingerprint density at radius 1 is 1.33 bits per heavy atom. The largest absolute Gasteiger partial charge is 0.511 e. The number of hydrogen-bond acceptors (Lipinski definition) is 3. The van der Waals surface area contributed by atoms with Gasteiger partial charge in [-0.05, 0) is 31.0 Å². The summed E-state index contributed by atoms with van der Waals surface area (Å²) in [7, 11) is 0. The second-order valence-corrected chi connectivity index (χ2v) is 4.38. The predicted molar refractivity (Wildman–Crippen MR) is 63.7 cm³/mol. The molecule has 1 unspecified atom stereocenters. The normalized spacial score (nSPS) is 20.1. The number of benzene rings is 1. The smallest absolute Gasteiger partial charge is 0.169 e. The molecule has 1 aliphatic carbocycles. The minimum atomic E-state index is -0.427. The van der Waals surface area contributed by atoms with Crippen molar-refractivity contribution in [1.29, 1.82) is 0 Å². The molecule has 1 N–H and O–H groups in total. The summed E-state index contributed by atoms with van der Waals surface area (Å²) < 4.78 is 12.8. The van der Waals surface area contributed by atoms with Gasteiger partial charge in [0.05, 0.1) is 5.57 Å². The topological polar surface area (TPSA) is 54.4 Å². The Hall–Kier alpha value is -1.97. The minimum Gasteiger partial charge on any atom is -0.511 e. The summed E-state index contributed by atoms with van der Waals surface area (Å²) in [4.78, 5) is 22.9. The van der Waals surface area contributed by atoms with E-state index in [2.05, 4.69) is 0 Å². The predicted octanol–water partition coefficient (Wildman–Crippen LogP) is 2.67. The van der Waals surface area contributed by atoms with Crippen LogP contribution in [-0.2, 0) is 9.59 Å². The van der Waals surface area contributed by atoms with Crippen molar-refractivity contribution >= 4 is 11.6 Å². The molecule has 0 saturated carbocycles. The van der Waals surface area contributed by atoms with Crippen LogP contribution in [-0.4, -0.2) is 16.7 Å². The molecule has 18 heavy (non-hydrogen) atoms. The summed E-state index contributed by atoms with van der Waals surface area (Å²) in [6, 6.07) is 5.71. The third kappa shape index (κ3) is 2.18. The van der Waals surface area contributed by atoms with E-state index in [1.165, 1.54) is 19.1 Å². The first kappa shape index (κ1) is 12.5. The van der Waals surface area contributed by atoms with E-state index in [1.54, 1.807) is 12.1 Å². The Bertz CT molecular complexity index is 528. The highest BCUT2D eigenvalue weighted by Crippen LogP contribution is 2.34. The summed E-state index contributed by atoms with van der Waals surface area (Å²) >= 11 is 0. The standard InChI is InChI=1S/C14H13FO3/c1-8(16)13-12(17)7-6-11(14(13)18)9-2-4-10(15)5-3-9/h2-5,11,18H,6-7H2,1H3. The van der Waals surface area contributed by atoms with Crippen LogP contribution < -0.4 is 0 Å². The fourth-order valence-corrected chi connectivity index (χ4v) is 2.25. The van der Waals surface area contributed by atoms with Crippen molar-refractivity contribution in [2.75, 3.05) is 0 Å². The van der Waals surface area contributed by atoms with E-state index in [9.17, 15) is 19.1 Å². The second-order valence-electron chi connectivity index (χ2n) is 4.38. The van der Waals surface area contributed by atoms with Gasteiger partial charge in [-0.3, -0.25) is 9.59 Å². The Balaban J connectivity index is 2.43. The molecule has 3 nitrogen and oxygen atoms in total. The van der Waals surface area contributed by atoms with Crippen molar-refractivity contribution in [2.45, 2.75) is 25.7 Å². The lowest BCUT2D eigenvalue weighted by Crippen LogP contribution is -2.22. The van der Waals surface area contributed by atoms with E-state index in [4.69, 9.17) is 0 Å². The van der Waals surface area contributed by atoms with Crippen molar-refractivity contribution in [2.24, 2.45) is 0 Å². The van der Waals surface area contributed by atoms with Gasteiger partial charge in [0.1, 0.15) is 11.6 Å². The molecule has 0 heterocycles. The maximum Gasteiger partial charge on any atom is 0.169 e. The fourth-order valence-electron chi connectivity index (χ4n) is 2.25. The van der Waals surface area contributed by atoms with E-state index in [1.807, 2.05) is 0 Å². The second kappa shape index (κ2) is 4.72. The van der Waals surface area contributed by atoms with Crippen LogP contribution in [0.2, 0.25) is 0 Å². The third-order valence-electron chi connectivity index (χ3n) is 3.15. The zero-order valence-corrected chi connectivity index (χ0v) is 9.94. The molecule has 0 fully saturated rings. The number of carbonyl (C=O) groups excluding carboxylic acids is 2. The molecule has 1 aromatic rings. The van der Waals surface area contributed by atoms with Crippen LogP contribution in [0.3, 0.4) is 0 Å². The van der Waals surface area contributed by atoms with Crippen LogP contribution in [0.5, 0.6) is 0 Å². The first-order valence-electron chi connectivity index (χ1n) is 5.73. The van der Waals surface area contributed by atoms with Gasteiger partial charge in [0.15, 0.2) is 11.6 Å². The van der Waals surface area contributed by atoms with Gasteiger partial charge in [-0.15, -0.1) is 0 Å². The molecule has 4 heteroatoms. The summed E-state index contributed by atoms with van der Waals surface area (Å²) in [5.74, 6) is -1.70. The van der Waals surface area contributed by atoms with Crippen molar-refractivity contribution in [3.8, 4) is 0 Å². The van der Waals surface area contributed by atoms with Crippen molar-refractivity contribution in [1.82, 2.24) is 0 Å². The van der Waals surface area contributed by atoms with Gasteiger partial charge >= 0.3 is 0 Å². The van der Waals surface area contributed by atoms with Crippen LogP contribution in [0.15, 0.2) is 35.6 Å². The molecule has 1 aliphatic rings. The maximum absolute atomic E-state index is 12.8. The molecule has 0 bridgehead atoms. The molecule has 1 aromatic carbocycles. The molecular formula is C14H13FO3. The van der Waals surface area contributed by atoms with Crippen LogP contribution in [0.4, 0.5) is 4.39 Å². The Morgan fingerprint density at radius 3 is 2.50 bits per heavy atom. The van der Waals surface area contributed by atoms with E-state index < -0.39 is 11.7 Å². The average molecular weight is 248 g/mol. The van der Waals surface area contributed by atoms with Crippen molar-refractivity contribution in [3.63, 3.8) is 0 Å². The van der Waals surface area contributed by atoms with Gasteiger partial charge in [-0.2, -0.15) is 0 Å².